The van der Waals surface area contributed by atoms with E-state index in [9.17, 15) is 18.0 Å². The quantitative estimate of drug-likeness (QED) is 0.321. The summed E-state index contributed by atoms with van der Waals surface area (Å²) >= 11 is 6.41. The Morgan fingerprint density at radius 1 is 0.950 bits per heavy atom. The lowest BCUT2D eigenvalue weighted by Crippen LogP contribution is -2.51. The van der Waals surface area contributed by atoms with E-state index < -0.39 is 28.5 Å². The molecular formula is C30H36ClN3O5S. The molecule has 10 heteroatoms. The normalized spacial score (nSPS) is 12.1. The average molecular weight is 586 g/mol. The molecule has 0 saturated carbocycles. The third-order valence-electron chi connectivity index (χ3n) is 6.39. The Balaban J connectivity index is 2.06. The molecule has 0 aromatic heterocycles. The van der Waals surface area contributed by atoms with Crippen molar-refractivity contribution >= 4 is 39.1 Å². The number of halogens is 1. The number of ether oxygens (including phenoxy) is 1. The van der Waals surface area contributed by atoms with Gasteiger partial charge >= 0.3 is 0 Å². The number of para-hydroxylation sites is 2. The van der Waals surface area contributed by atoms with Gasteiger partial charge in [0.15, 0.2) is 0 Å². The van der Waals surface area contributed by atoms with Crippen LogP contribution in [0.25, 0.3) is 0 Å². The summed E-state index contributed by atoms with van der Waals surface area (Å²) in [4.78, 5) is 28.5. The van der Waals surface area contributed by atoms with Crippen LogP contribution in [-0.2, 0) is 26.2 Å². The third kappa shape index (κ3) is 7.55. The topological polar surface area (TPSA) is 96.0 Å². The molecule has 0 unspecified atom stereocenters. The molecule has 0 heterocycles. The van der Waals surface area contributed by atoms with Crippen LogP contribution in [0.5, 0.6) is 5.75 Å². The van der Waals surface area contributed by atoms with E-state index in [1.54, 1.807) is 67.6 Å². The number of hydrogen-bond acceptors (Lipinski definition) is 5. The standard InChI is InChI=1S/C30H36ClN3O5S/c1-21(2)18-32-30(36)23(4)33(19-24-10-6-7-11-26(24)31)29(35)20-34(27-12-8-9-13-28(27)39-5)40(37,38)25-16-14-22(3)15-17-25/h6-17,21,23H,18-20H2,1-5H3,(H,32,36)/t23-/m0/s1. The molecule has 2 amide bonds. The zero-order chi connectivity index (χ0) is 29.4. The van der Waals surface area contributed by atoms with Crippen LogP contribution in [0.1, 0.15) is 31.9 Å². The molecule has 0 spiro atoms. The molecule has 0 radical (unpaired) electrons. The molecule has 0 saturated heterocycles. The predicted molar refractivity (Wildman–Crippen MR) is 158 cm³/mol. The van der Waals surface area contributed by atoms with Crippen molar-refractivity contribution < 1.29 is 22.7 Å². The van der Waals surface area contributed by atoms with Crippen molar-refractivity contribution in [3.05, 3.63) is 88.9 Å². The summed E-state index contributed by atoms with van der Waals surface area (Å²) in [5, 5.41) is 3.30. The van der Waals surface area contributed by atoms with Crippen LogP contribution in [0.2, 0.25) is 5.02 Å². The number of amides is 2. The van der Waals surface area contributed by atoms with E-state index in [0.717, 1.165) is 9.87 Å². The van der Waals surface area contributed by atoms with E-state index in [1.165, 1.54) is 24.1 Å². The van der Waals surface area contributed by atoms with E-state index in [2.05, 4.69) is 5.32 Å². The fourth-order valence-corrected chi connectivity index (χ4v) is 5.65. The number of carbonyl (C=O) groups is 2. The maximum Gasteiger partial charge on any atom is 0.264 e. The summed E-state index contributed by atoms with van der Waals surface area (Å²) in [7, 11) is -2.77. The smallest absolute Gasteiger partial charge is 0.264 e. The fourth-order valence-electron chi connectivity index (χ4n) is 4.03. The highest BCUT2D eigenvalue weighted by atomic mass is 35.5. The number of benzene rings is 3. The van der Waals surface area contributed by atoms with E-state index in [4.69, 9.17) is 16.3 Å². The summed E-state index contributed by atoms with van der Waals surface area (Å²) in [6, 6.07) is 19.1. The van der Waals surface area contributed by atoms with E-state index in [0.29, 0.717) is 17.1 Å². The minimum Gasteiger partial charge on any atom is -0.495 e. The van der Waals surface area contributed by atoms with Gasteiger partial charge in [-0.2, -0.15) is 0 Å². The van der Waals surface area contributed by atoms with Gasteiger partial charge in [0.1, 0.15) is 18.3 Å². The maximum atomic E-state index is 14.0. The molecule has 0 aliphatic rings. The highest BCUT2D eigenvalue weighted by molar-refractivity contribution is 7.92. The minimum absolute atomic E-state index is 0.0130. The first kappa shape index (κ1) is 31.0. The minimum atomic E-state index is -4.20. The maximum absolute atomic E-state index is 14.0. The van der Waals surface area contributed by atoms with Gasteiger partial charge in [0.05, 0.1) is 17.7 Å². The molecule has 8 nitrogen and oxygen atoms in total. The second-order valence-corrected chi connectivity index (χ2v) is 12.2. The molecule has 1 N–H and O–H groups in total. The summed E-state index contributed by atoms with van der Waals surface area (Å²) in [5.41, 5.74) is 1.73. The van der Waals surface area contributed by atoms with Gasteiger partial charge in [-0.1, -0.05) is 73.5 Å². The molecule has 40 heavy (non-hydrogen) atoms. The summed E-state index contributed by atoms with van der Waals surface area (Å²) in [5.74, 6) is -0.427. The highest BCUT2D eigenvalue weighted by Gasteiger charge is 2.34. The van der Waals surface area contributed by atoms with Gasteiger partial charge in [-0.05, 0) is 55.7 Å². The predicted octanol–water partition coefficient (Wildman–Crippen LogP) is 5.04. The van der Waals surface area contributed by atoms with Crippen molar-refractivity contribution in [3.63, 3.8) is 0 Å². The van der Waals surface area contributed by atoms with E-state index >= 15 is 0 Å². The first-order valence-corrected chi connectivity index (χ1v) is 14.8. The van der Waals surface area contributed by atoms with Crippen LogP contribution < -0.4 is 14.4 Å². The number of hydrogen-bond donors (Lipinski definition) is 1. The molecule has 0 aliphatic carbocycles. The molecular weight excluding hydrogens is 550 g/mol. The Kier molecular flexibility index (Phi) is 10.6. The second kappa shape index (κ2) is 13.7. The molecule has 3 aromatic rings. The number of anilines is 1. The number of carbonyl (C=O) groups excluding carboxylic acids is 2. The van der Waals surface area contributed by atoms with Crippen LogP contribution in [0, 0.1) is 12.8 Å². The van der Waals surface area contributed by atoms with Crippen molar-refractivity contribution in [2.45, 2.75) is 45.2 Å². The molecule has 3 aromatic carbocycles. The molecule has 3 rings (SSSR count). The number of aryl methyl sites for hydroxylation is 1. The first-order valence-electron chi connectivity index (χ1n) is 13.0. The van der Waals surface area contributed by atoms with Crippen molar-refractivity contribution in [2.24, 2.45) is 5.92 Å². The van der Waals surface area contributed by atoms with Crippen molar-refractivity contribution in [2.75, 3.05) is 24.5 Å². The van der Waals surface area contributed by atoms with E-state index in [-0.39, 0.29) is 34.7 Å². The number of sulfonamides is 1. The lowest BCUT2D eigenvalue weighted by molar-refractivity contribution is -0.139. The van der Waals surface area contributed by atoms with Crippen molar-refractivity contribution in [1.29, 1.82) is 0 Å². The lowest BCUT2D eigenvalue weighted by Gasteiger charge is -2.32. The molecule has 214 valence electrons. The van der Waals surface area contributed by atoms with Crippen LogP contribution in [0.3, 0.4) is 0 Å². The van der Waals surface area contributed by atoms with Crippen LogP contribution in [0.4, 0.5) is 5.69 Å². The average Bonchev–Trinajstić information content (AvgIpc) is 2.93. The largest absolute Gasteiger partial charge is 0.495 e. The highest BCUT2D eigenvalue weighted by Crippen LogP contribution is 2.32. The number of rotatable bonds is 12. The van der Waals surface area contributed by atoms with Gasteiger partial charge in [-0.15, -0.1) is 0 Å². The van der Waals surface area contributed by atoms with Gasteiger partial charge < -0.3 is 15.0 Å². The zero-order valence-electron chi connectivity index (χ0n) is 23.4. The Bertz CT molecular complexity index is 1430. The Hall–Kier alpha value is -3.56. The van der Waals surface area contributed by atoms with Crippen LogP contribution in [0.15, 0.2) is 77.7 Å². The summed E-state index contributed by atoms with van der Waals surface area (Å²) in [6.45, 7) is 7.30. The number of nitrogens with one attached hydrogen (secondary N) is 1. The van der Waals surface area contributed by atoms with Crippen LogP contribution >= 0.6 is 11.6 Å². The Morgan fingerprint density at radius 3 is 2.20 bits per heavy atom. The molecule has 0 fully saturated rings. The van der Waals surface area contributed by atoms with Crippen molar-refractivity contribution in [3.8, 4) is 5.75 Å². The molecule has 1 atom stereocenters. The molecule has 0 aliphatic heterocycles. The summed E-state index contributed by atoms with van der Waals surface area (Å²) < 4.78 is 34.4. The van der Waals surface area contributed by atoms with Crippen LogP contribution in [-0.4, -0.2) is 51.4 Å². The Labute approximate surface area is 241 Å². The Morgan fingerprint density at radius 2 is 1.57 bits per heavy atom. The number of methoxy groups -OCH3 is 1. The molecule has 0 bridgehead atoms. The van der Waals surface area contributed by atoms with E-state index in [1.807, 2.05) is 20.8 Å². The van der Waals surface area contributed by atoms with Gasteiger partial charge in [-0.25, -0.2) is 8.42 Å². The SMILES string of the molecule is COc1ccccc1N(CC(=O)N(Cc1ccccc1Cl)[C@@H](C)C(=O)NCC(C)C)S(=O)(=O)c1ccc(C)cc1. The fraction of sp³-hybridized carbons (Fsp3) is 0.333. The lowest BCUT2D eigenvalue weighted by atomic mass is 10.1. The van der Waals surface area contributed by atoms with Gasteiger partial charge in [-0.3, -0.25) is 13.9 Å². The third-order valence-corrected chi connectivity index (χ3v) is 8.53. The zero-order valence-corrected chi connectivity index (χ0v) is 25.0. The monoisotopic (exact) mass is 585 g/mol. The second-order valence-electron chi connectivity index (χ2n) is 9.92. The van der Waals surface area contributed by atoms with Gasteiger partial charge in [0.2, 0.25) is 11.8 Å². The summed E-state index contributed by atoms with van der Waals surface area (Å²) in [6.07, 6.45) is 0. The number of nitrogens with zero attached hydrogens (tertiary/aromatic N) is 2. The van der Waals surface area contributed by atoms with Gasteiger partial charge in [0.25, 0.3) is 10.0 Å². The van der Waals surface area contributed by atoms with Gasteiger partial charge in [0, 0.05) is 18.1 Å². The first-order chi connectivity index (χ1) is 18.9. The van der Waals surface area contributed by atoms with Crippen molar-refractivity contribution in [1.82, 2.24) is 10.2 Å².